The molecule has 140 valence electrons. The molecule has 4 heteroatoms. The van der Waals surface area contributed by atoms with Crippen molar-refractivity contribution in [3.63, 3.8) is 0 Å². The van der Waals surface area contributed by atoms with Crippen molar-refractivity contribution < 1.29 is 14.7 Å². The van der Waals surface area contributed by atoms with Crippen molar-refractivity contribution in [2.45, 2.75) is 76.6 Å². The van der Waals surface area contributed by atoms with Crippen LogP contribution in [0.15, 0.2) is 0 Å². The van der Waals surface area contributed by atoms with Gasteiger partial charge in [0, 0.05) is 23.1 Å². The second kappa shape index (κ2) is 5.89. The number of aliphatic hydroxyl groups excluding tert-OH is 1. The molecule has 0 aromatic carbocycles. The van der Waals surface area contributed by atoms with Crippen molar-refractivity contribution in [1.29, 1.82) is 0 Å². The normalized spacial score (nSPS) is 55.2. The number of halogens is 1. The molecule has 4 fully saturated rings. The lowest BCUT2D eigenvalue weighted by Crippen LogP contribution is -2.59. The number of hydrogen-bond acceptors (Lipinski definition) is 3. The molecule has 3 nitrogen and oxygen atoms in total. The SMILES string of the molecule is CC(=O)[C@H]1CC[C@H]2[C@@H]3CC[C@H]4C[C@H](O)[C@H](Br)C[C@]4(C)[C@H]3C(=O)C[C@]12C. The maximum Gasteiger partial charge on any atom is 0.137 e. The molecule has 4 saturated carbocycles. The molecular formula is C21H31BrO3. The standard InChI is InChI=1S/C21H31BrO3/c1-11(23)14-6-7-15-13-5-4-12-8-17(24)16(22)9-20(12,2)19(13)18(25)10-21(14,15)3/h12-17,19,24H,4-10H2,1-3H3/t12-,13-,14+,15-,16+,17-,19+,20-,21+/m0/s1. The predicted molar refractivity (Wildman–Crippen MR) is 100 cm³/mol. The molecule has 9 atom stereocenters. The monoisotopic (exact) mass is 410 g/mol. The molecule has 0 bridgehead atoms. The first-order valence-electron chi connectivity index (χ1n) is 10.0. The fourth-order valence-electron chi connectivity index (χ4n) is 7.72. The van der Waals surface area contributed by atoms with Gasteiger partial charge in [-0.25, -0.2) is 0 Å². The highest BCUT2D eigenvalue weighted by molar-refractivity contribution is 9.09. The van der Waals surface area contributed by atoms with Crippen LogP contribution in [0.2, 0.25) is 0 Å². The number of Topliss-reactive ketones (excluding diaryl/α,β-unsaturated/α-hetero) is 2. The minimum Gasteiger partial charge on any atom is -0.392 e. The van der Waals surface area contributed by atoms with E-state index in [4.69, 9.17) is 0 Å². The Balaban J connectivity index is 1.69. The van der Waals surface area contributed by atoms with E-state index in [1.807, 2.05) is 0 Å². The lowest BCUT2D eigenvalue weighted by atomic mass is 9.44. The van der Waals surface area contributed by atoms with Crippen LogP contribution in [0.4, 0.5) is 0 Å². The molecule has 0 aromatic rings. The lowest BCUT2D eigenvalue weighted by molar-refractivity contribution is -0.161. The van der Waals surface area contributed by atoms with Crippen LogP contribution in [0.25, 0.3) is 0 Å². The molecule has 0 radical (unpaired) electrons. The van der Waals surface area contributed by atoms with Gasteiger partial charge in [0.05, 0.1) is 6.10 Å². The highest BCUT2D eigenvalue weighted by Gasteiger charge is 2.64. The van der Waals surface area contributed by atoms with Gasteiger partial charge in [0.2, 0.25) is 0 Å². The van der Waals surface area contributed by atoms with Gasteiger partial charge in [0.15, 0.2) is 0 Å². The average molecular weight is 411 g/mol. The van der Waals surface area contributed by atoms with Crippen LogP contribution in [-0.2, 0) is 9.59 Å². The van der Waals surface area contributed by atoms with Crippen molar-refractivity contribution in [2.75, 3.05) is 0 Å². The van der Waals surface area contributed by atoms with Crippen molar-refractivity contribution in [1.82, 2.24) is 0 Å². The topological polar surface area (TPSA) is 54.4 Å². The second-order valence-corrected chi connectivity index (χ2v) is 11.1. The zero-order valence-corrected chi connectivity index (χ0v) is 17.2. The maximum absolute atomic E-state index is 13.4. The number of carbonyl (C=O) groups excluding carboxylic acids is 2. The summed E-state index contributed by atoms with van der Waals surface area (Å²) < 4.78 is 0. The smallest absolute Gasteiger partial charge is 0.137 e. The van der Waals surface area contributed by atoms with Crippen LogP contribution in [0, 0.1) is 40.4 Å². The second-order valence-electron chi connectivity index (χ2n) is 9.94. The Morgan fingerprint density at radius 2 is 1.88 bits per heavy atom. The van der Waals surface area contributed by atoms with Gasteiger partial charge in [-0.15, -0.1) is 0 Å². The van der Waals surface area contributed by atoms with Crippen molar-refractivity contribution in [3.8, 4) is 0 Å². The van der Waals surface area contributed by atoms with E-state index >= 15 is 0 Å². The van der Waals surface area contributed by atoms with Crippen LogP contribution < -0.4 is 0 Å². The number of ketones is 2. The zero-order valence-electron chi connectivity index (χ0n) is 15.6. The number of fused-ring (bicyclic) bond motifs is 5. The summed E-state index contributed by atoms with van der Waals surface area (Å²) in [7, 11) is 0. The third-order valence-corrected chi connectivity index (χ3v) is 9.75. The maximum atomic E-state index is 13.4. The van der Waals surface area contributed by atoms with E-state index in [9.17, 15) is 14.7 Å². The van der Waals surface area contributed by atoms with Gasteiger partial charge in [-0.3, -0.25) is 9.59 Å². The van der Waals surface area contributed by atoms with E-state index in [2.05, 4.69) is 29.8 Å². The molecular weight excluding hydrogens is 380 g/mol. The number of rotatable bonds is 1. The molecule has 0 spiro atoms. The molecule has 4 aliphatic rings. The molecule has 0 unspecified atom stereocenters. The van der Waals surface area contributed by atoms with Gasteiger partial charge in [-0.2, -0.15) is 0 Å². The number of alkyl halides is 1. The summed E-state index contributed by atoms with van der Waals surface area (Å²) >= 11 is 3.68. The Bertz CT molecular complexity index is 604. The molecule has 4 rings (SSSR count). The molecule has 0 amide bonds. The van der Waals surface area contributed by atoms with Crippen molar-refractivity contribution in [2.24, 2.45) is 40.4 Å². The van der Waals surface area contributed by atoms with E-state index in [0.29, 0.717) is 30.0 Å². The quantitative estimate of drug-likeness (QED) is 0.660. The number of aliphatic hydroxyl groups is 1. The van der Waals surface area contributed by atoms with Crippen LogP contribution in [-0.4, -0.2) is 27.6 Å². The summed E-state index contributed by atoms with van der Waals surface area (Å²) in [6.45, 7) is 6.24. The Morgan fingerprint density at radius 3 is 2.56 bits per heavy atom. The highest BCUT2D eigenvalue weighted by atomic mass is 79.9. The minimum absolute atomic E-state index is 0.00301. The molecule has 0 saturated heterocycles. The Kier molecular flexibility index (Phi) is 4.28. The van der Waals surface area contributed by atoms with E-state index in [-0.39, 0.29) is 39.4 Å². The zero-order chi connectivity index (χ0) is 18.1. The average Bonchev–Trinajstić information content (AvgIpc) is 2.85. The Morgan fingerprint density at radius 1 is 1.16 bits per heavy atom. The van der Waals surface area contributed by atoms with Crippen molar-refractivity contribution in [3.05, 3.63) is 0 Å². The molecule has 0 aliphatic heterocycles. The molecule has 1 N–H and O–H groups in total. The van der Waals surface area contributed by atoms with Gasteiger partial charge >= 0.3 is 0 Å². The van der Waals surface area contributed by atoms with E-state index in [1.165, 1.54) is 0 Å². The molecule has 25 heavy (non-hydrogen) atoms. The van der Waals surface area contributed by atoms with Crippen LogP contribution in [0.1, 0.15) is 65.7 Å². The first-order chi connectivity index (χ1) is 11.7. The molecule has 0 heterocycles. The van der Waals surface area contributed by atoms with E-state index in [0.717, 1.165) is 38.5 Å². The van der Waals surface area contributed by atoms with E-state index < -0.39 is 0 Å². The number of hydrogen-bond donors (Lipinski definition) is 1. The summed E-state index contributed by atoms with van der Waals surface area (Å²) in [6, 6.07) is 0. The van der Waals surface area contributed by atoms with Gasteiger partial charge in [0.1, 0.15) is 11.6 Å². The highest BCUT2D eigenvalue weighted by Crippen LogP contribution is 2.66. The van der Waals surface area contributed by atoms with Crippen LogP contribution >= 0.6 is 15.9 Å². The fraction of sp³-hybridized carbons (Fsp3) is 0.905. The summed E-state index contributed by atoms with van der Waals surface area (Å²) in [6.07, 6.45) is 6.31. The summed E-state index contributed by atoms with van der Waals surface area (Å²) in [5.74, 6) is 2.29. The Labute approximate surface area is 159 Å². The van der Waals surface area contributed by atoms with Crippen LogP contribution in [0.3, 0.4) is 0 Å². The van der Waals surface area contributed by atoms with Gasteiger partial charge < -0.3 is 5.11 Å². The largest absolute Gasteiger partial charge is 0.392 e. The summed E-state index contributed by atoms with van der Waals surface area (Å²) in [5.41, 5.74) is -0.113. The number of carbonyl (C=O) groups is 2. The van der Waals surface area contributed by atoms with Gasteiger partial charge in [-0.1, -0.05) is 29.8 Å². The van der Waals surface area contributed by atoms with Crippen LogP contribution in [0.5, 0.6) is 0 Å². The lowest BCUT2D eigenvalue weighted by Gasteiger charge is -2.60. The van der Waals surface area contributed by atoms with Crippen molar-refractivity contribution >= 4 is 27.5 Å². The fourth-order valence-corrected chi connectivity index (χ4v) is 8.64. The third-order valence-electron chi connectivity index (χ3n) is 8.82. The van der Waals surface area contributed by atoms with E-state index in [1.54, 1.807) is 6.92 Å². The van der Waals surface area contributed by atoms with Gasteiger partial charge in [0.25, 0.3) is 0 Å². The first kappa shape index (κ1) is 18.2. The molecule has 4 aliphatic carbocycles. The van der Waals surface area contributed by atoms with Gasteiger partial charge in [-0.05, 0) is 74.0 Å². The first-order valence-corrected chi connectivity index (χ1v) is 11.0. The minimum atomic E-state index is -0.285. The predicted octanol–water partition coefficient (Wildman–Crippen LogP) is 4.15. The summed E-state index contributed by atoms with van der Waals surface area (Å²) in [4.78, 5) is 25.7. The molecule has 0 aromatic heterocycles. The summed E-state index contributed by atoms with van der Waals surface area (Å²) in [5, 5.41) is 10.3. The third kappa shape index (κ3) is 2.46. The Hall–Kier alpha value is -0.220.